The Balaban J connectivity index is 2.09. The Morgan fingerprint density at radius 3 is 2.57 bits per heavy atom. The molecule has 0 aromatic carbocycles. The smallest absolute Gasteiger partial charge is 0.332 e. The Morgan fingerprint density at radius 1 is 1.36 bits per heavy atom. The molecule has 2 N–H and O–H groups in total. The Labute approximate surface area is 84.7 Å². The third kappa shape index (κ3) is 4.07. The van der Waals surface area contributed by atoms with Crippen molar-refractivity contribution in [2.45, 2.75) is 44.8 Å². The fraction of sp³-hybridized carbons (Fsp3) is 0.900. The summed E-state index contributed by atoms with van der Waals surface area (Å²) < 4.78 is 10.2. The van der Waals surface area contributed by atoms with Crippen molar-refractivity contribution >= 4 is 5.97 Å². The maximum atomic E-state index is 11.0. The summed E-state index contributed by atoms with van der Waals surface area (Å²) in [7, 11) is 0. The number of rotatable bonds is 4. The van der Waals surface area contributed by atoms with Crippen molar-refractivity contribution in [3.05, 3.63) is 0 Å². The first-order chi connectivity index (χ1) is 6.72. The van der Waals surface area contributed by atoms with Crippen molar-refractivity contribution < 1.29 is 14.3 Å². The first kappa shape index (κ1) is 11.5. The van der Waals surface area contributed by atoms with Crippen LogP contribution in [0.25, 0.3) is 0 Å². The lowest BCUT2D eigenvalue weighted by Crippen LogP contribution is -2.31. The largest absolute Gasteiger partial charge is 0.464 e. The summed E-state index contributed by atoms with van der Waals surface area (Å²) in [6.45, 7) is 2.28. The van der Waals surface area contributed by atoms with Crippen molar-refractivity contribution in [1.82, 2.24) is 0 Å². The van der Waals surface area contributed by atoms with Crippen molar-refractivity contribution in [2.75, 3.05) is 13.2 Å². The predicted octanol–water partition coefficient (Wildman–Crippen LogP) is 0.836. The quantitative estimate of drug-likeness (QED) is 0.684. The second-order valence-electron chi connectivity index (χ2n) is 3.65. The molecule has 1 saturated carbocycles. The standard InChI is InChI=1S/C10H19NO3/c1-2-13-10(12)7-14-9-5-3-8(11)4-6-9/h8-9H,2-7,11H2,1H3/t8-,9+. The van der Waals surface area contributed by atoms with E-state index in [1.807, 2.05) is 0 Å². The molecule has 0 aliphatic heterocycles. The van der Waals surface area contributed by atoms with Gasteiger partial charge in [0.15, 0.2) is 0 Å². The zero-order valence-electron chi connectivity index (χ0n) is 8.70. The van der Waals surface area contributed by atoms with Gasteiger partial charge in [-0.2, -0.15) is 0 Å². The van der Waals surface area contributed by atoms with Gasteiger partial charge in [0.25, 0.3) is 0 Å². The maximum absolute atomic E-state index is 11.0. The molecule has 0 aromatic heterocycles. The van der Waals surface area contributed by atoms with Gasteiger partial charge < -0.3 is 15.2 Å². The predicted molar refractivity (Wildman–Crippen MR) is 52.8 cm³/mol. The van der Waals surface area contributed by atoms with Gasteiger partial charge in [-0.15, -0.1) is 0 Å². The maximum Gasteiger partial charge on any atom is 0.332 e. The van der Waals surface area contributed by atoms with Crippen LogP contribution in [0, 0.1) is 0 Å². The normalized spacial score (nSPS) is 27.3. The minimum Gasteiger partial charge on any atom is -0.464 e. The lowest BCUT2D eigenvalue weighted by Gasteiger charge is -2.25. The molecule has 4 heteroatoms. The van der Waals surface area contributed by atoms with Crippen LogP contribution in [-0.4, -0.2) is 31.3 Å². The molecular weight excluding hydrogens is 182 g/mol. The van der Waals surface area contributed by atoms with Crippen LogP contribution in [0.15, 0.2) is 0 Å². The van der Waals surface area contributed by atoms with Gasteiger partial charge in [-0.3, -0.25) is 0 Å². The van der Waals surface area contributed by atoms with Gasteiger partial charge in [-0.05, 0) is 32.6 Å². The topological polar surface area (TPSA) is 61.5 Å². The highest BCUT2D eigenvalue weighted by molar-refractivity contribution is 5.70. The SMILES string of the molecule is CCOC(=O)CO[C@H]1CC[C@@H](N)CC1. The number of esters is 1. The van der Waals surface area contributed by atoms with Crippen LogP contribution < -0.4 is 5.73 Å². The minimum atomic E-state index is -0.276. The van der Waals surface area contributed by atoms with Crippen molar-refractivity contribution in [1.29, 1.82) is 0 Å². The van der Waals surface area contributed by atoms with Gasteiger partial charge >= 0.3 is 5.97 Å². The Morgan fingerprint density at radius 2 is 2.00 bits per heavy atom. The first-order valence-corrected chi connectivity index (χ1v) is 5.25. The van der Waals surface area contributed by atoms with Crippen LogP contribution in [-0.2, 0) is 14.3 Å². The molecule has 82 valence electrons. The fourth-order valence-electron chi connectivity index (χ4n) is 1.64. The van der Waals surface area contributed by atoms with E-state index in [1.165, 1.54) is 0 Å². The zero-order valence-corrected chi connectivity index (χ0v) is 8.70. The van der Waals surface area contributed by atoms with Crippen molar-refractivity contribution in [3.8, 4) is 0 Å². The van der Waals surface area contributed by atoms with Crippen LogP contribution in [0.3, 0.4) is 0 Å². The average molecular weight is 201 g/mol. The summed E-state index contributed by atoms with van der Waals surface area (Å²) in [4.78, 5) is 11.0. The van der Waals surface area contributed by atoms with E-state index >= 15 is 0 Å². The molecule has 0 bridgehead atoms. The summed E-state index contributed by atoms with van der Waals surface area (Å²) in [5.41, 5.74) is 5.75. The molecular formula is C10H19NO3. The number of carbonyl (C=O) groups excluding carboxylic acids is 1. The third-order valence-corrected chi connectivity index (χ3v) is 2.46. The molecule has 14 heavy (non-hydrogen) atoms. The monoisotopic (exact) mass is 201 g/mol. The Hall–Kier alpha value is -0.610. The molecule has 0 spiro atoms. The summed E-state index contributed by atoms with van der Waals surface area (Å²) in [5, 5.41) is 0. The van der Waals surface area contributed by atoms with E-state index in [1.54, 1.807) is 6.92 Å². The van der Waals surface area contributed by atoms with Crippen molar-refractivity contribution in [3.63, 3.8) is 0 Å². The summed E-state index contributed by atoms with van der Waals surface area (Å²) in [5.74, 6) is -0.276. The van der Waals surface area contributed by atoms with Gasteiger partial charge in [-0.1, -0.05) is 0 Å². The van der Waals surface area contributed by atoms with Crippen molar-refractivity contribution in [2.24, 2.45) is 5.73 Å². The van der Waals surface area contributed by atoms with Gasteiger partial charge in [0.2, 0.25) is 0 Å². The second kappa shape index (κ2) is 5.98. The van der Waals surface area contributed by atoms with E-state index in [4.69, 9.17) is 15.2 Å². The molecule has 0 radical (unpaired) electrons. The zero-order chi connectivity index (χ0) is 10.4. The average Bonchev–Trinajstić information content (AvgIpc) is 2.17. The molecule has 0 atom stereocenters. The van der Waals surface area contributed by atoms with E-state index in [9.17, 15) is 4.79 Å². The van der Waals surface area contributed by atoms with Gasteiger partial charge in [-0.25, -0.2) is 4.79 Å². The highest BCUT2D eigenvalue weighted by Gasteiger charge is 2.19. The van der Waals surface area contributed by atoms with Crippen LogP contribution in [0.2, 0.25) is 0 Å². The lowest BCUT2D eigenvalue weighted by molar-refractivity contribution is -0.151. The van der Waals surface area contributed by atoms with E-state index in [0.717, 1.165) is 25.7 Å². The Bertz CT molecular complexity index is 176. The summed E-state index contributed by atoms with van der Waals surface area (Å²) >= 11 is 0. The molecule has 1 aliphatic rings. The number of carbonyl (C=O) groups is 1. The number of ether oxygens (including phenoxy) is 2. The van der Waals surface area contributed by atoms with E-state index in [2.05, 4.69) is 0 Å². The molecule has 1 aliphatic carbocycles. The minimum absolute atomic E-state index is 0.0771. The molecule has 1 fully saturated rings. The molecule has 0 aromatic rings. The fourth-order valence-corrected chi connectivity index (χ4v) is 1.64. The number of hydrogen-bond acceptors (Lipinski definition) is 4. The number of nitrogens with two attached hydrogens (primary N) is 1. The molecule has 0 unspecified atom stereocenters. The van der Waals surface area contributed by atoms with E-state index in [0.29, 0.717) is 12.6 Å². The summed E-state index contributed by atoms with van der Waals surface area (Å²) in [6, 6.07) is 0.317. The molecule has 0 heterocycles. The van der Waals surface area contributed by atoms with Crippen LogP contribution >= 0.6 is 0 Å². The van der Waals surface area contributed by atoms with Gasteiger partial charge in [0.1, 0.15) is 6.61 Å². The summed E-state index contributed by atoms with van der Waals surface area (Å²) in [6.07, 6.45) is 4.10. The van der Waals surface area contributed by atoms with E-state index < -0.39 is 0 Å². The van der Waals surface area contributed by atoms with Crippen LogP contribution in [0.5, 0.6) is 0 Å². The molecule has 0 saturated heterocycles. The Kier molecular flexibility index (Phi) is 4.90. The highest BCUT2D eigenvalue weighted by Crippen LogP contribution is 2.19. The highest BCUT2D eigenvalue weighted by atomic mass is 16.6. The van der Waals surface area contributed by atoms with Crippen LogP contribution in [0.1, 0.15) is 32.6 Å². The van der Waals surface area contributed by atoms with Crippen LogP contribution in [0.4, 0.5) is 0 Å². The first-order valence-electron chi connectivity index (χ1n) is 5.25. The van der Waals surface area contributed by atoms with Gasteiger partial charge in [0, 0.05) is 6.04 Å². The molecule has 1 rings (SSSR count). The lowest BCUT2D eigenvalue weighted by atomic mass is 9.94. The third-order valence-electron chi connectivity index (χ3n) is 2.46. The number of hydrogen-bond donors (Lipinski definition) is 1. The molecule has 4 nitrogen and oxygen atoms in total. The van der Waals surface area contributed by atoms with E-state index in [-0.39, 0.29) is 18.7 Å². The molecule has 0 amide bonds. The second-order valence-corrected chi connectivity index (χ2v) is 3.65. The van der Waals surface area contributed by atoms with Gasteiger partial charge in [0.05, 0.1) is 12.7 Å².